The van der Waals surface area contributed by atoms with Crippen LogP contribution in [0.5, 0.6) is 0 Å². The lowest BCUT2D eigenvalue weighted by molar-refractivity contribution is 0.0508. The molecule has 1 rings (SSSR count). The quantitative estimate of drug-likeness (QED) is 0.790. The monoisotopic (exact) mass is 270 g/mol. The molecule has 0 aromatic carbocycles. The highest BCUT2D eigenvalue weighted by Crippen LogP contribution is 2.22. The molecule has 0 saturated carbocycles. The predicted octanol–water partition coefficient (Wildman–Crippen LogP) is 1.58. The number of hydrogen-bond donors (Lipinski definition) is 2. The van der Waals surface area contributed by atoms with Crippen molar-refractivity contribution < 1.29 is 19.2 Å². The minimum absolute atomic E-state index is 0.0440. The molecule has 1 unspecified atom stereocenters. The summed E-state index contributed by atoms with van der Waals surface area (Å²) in [7, 11) is 0. The number of nitrogens with one attached hydrogen (secondary N) is 1. The van der Waals surface area contributed by atoms with Crippen molar-refractivity contribution in [3.8, 4) is 0 Å². The van der Waals surface area contributed by atoms with Crippen LogP contribution in [0.3, 0.4) is 0 Å². The van der Waals surface area contributed by atoms with Gasteiger partial charge in [0.05, 0.1) is 18.3 Å². The maximum absolute atomic E-state index is 11.7. The van der Waals surface area contributed by atoms with E-state index in [-0.39, 0.29) is 17.8 Å². The van der Waals surface area contributed by atoms with Crippen molar-refractivity contribution >= 4 is 5.97 Å². The Morgan fingerprint density at radius 2 is 2.16 bits per heavy atom. The lowest BCUT2D eigenvalue weighted by Crippen LogP contribution is -2.38. The van der Waals surface area contributed by atoms with E-state index in [1.807, 2.05) is 20.8 Å². The van der Waals surface area contributed by atoms with Crippen LogP contribution >= 0.6 is 0 Å². The fourth-order valence-electron chi connectivity index (χ4n) is 1.62. The van der Waals surface area contributed by atoms with Crippen molar-refractivity contribution in [1.82, 2.24) is 10.5 Å². The molecule has 0 spiro atoms. The van der Waals surface area contributed by atoms with Gasteiger partial charge in [-0.1, -0.05) is 5.16 Å². The van der Waals surface area contributed by atoms with E-state index in [2.05, 4.69) is 10.5 Å². The Morgan fingerprint density at radius 1 is 1.53 bits per heavy atom. The van der Waals surface area contributed by atoms with E-state index in [9.17, 15) is 9.90 Å². The smallest absolute Gasteiger partial charge is 0.360 e. The summed E-state index contributed by atoms with van der Waals surface area (Å²) in [6.45, 7) is 9.90. The summed E-state index contributed by atoms with van der Waals surface area (Å²) >= 11 is 0. The average Bonchev–Trinajstić information content (AvgIpc) is 2.67. The second-order valence-corrected chi connectivity index (χ2v) is 5.37. The molecule has 1 aromatic rings. The summed E-state index contributed by atoms with van der Waals surface area (Å²) in [5.41, 5.74) is 0.300. The van der Waals surface area contributed by atoms with Crippen molar-refractivity contribution in [2.75, 3.05) is 13.2 Å². The third-order valence-corrected chi connectivity index (χ3v) is 2.54. The molecule has 0 amide bonds. The maximum Gasteiger partial charge on any atom is 0.360 e. The lowest BCUT2D eigenvalue weighted by Gasteiger charge is -2.22. The molecule has 6 heteroatoms. The Labute approximate surface area is 113 Å². The Kier molecular flexibility index (Phi) is 5.08. The van der Waals surface area contributed by atoms with Crippen molar-refractivity contribution in [3.05, 3.63) is 17.0 Å². The normalized spacial score (nSPS) is 13.4. The largest absolute Gasteiger partial charge is 0.461 e. The van der Waals surface area contributed by atoms with Gasteiger partial charge in [0.2, 0.25) is 0 Å². The number of aromatic nitrogens is 1. The van der Waals surface area contributed by atoms with Crippen molar-refractivity contribution in [2.45, 2.75) is 46.3 Å². The van der Waals surface area contributed by atoms with Gasteiger partial charge in [-0.05, 0) is 34.6 Å². The van der Waals surface area contributed by atoms with E-state index < -0.39 is 12.1 Å². The molecule has 0 aliphatic heterocycles. The first-order chi connectivity index (χ1) is 8.76. The summed E-state index contributed by atoms with van der Waals surface area (Å²) in [5, 5.41) is 17.0. The molecule has 0 aliphatic carbocycles. The minimum Gasteiger partial charge on any atom is -0.461 e. The second kappa shape index (κ2) is 6.16. The highest BCUT2D eigenvalue weighted by atomic mass is 16.5. The van der Waals surface area contributed by atoms with Crippen LogP contribution in [0.15, 0.2) is 4.52 Å². The Balaban J connectivity index is 2.87. The van der Waals surface area contributed by atoms with E-state index in [4.69, 9.17) is 9.26 Å². The van der Waals surface area contributed by atoms with Crippen LogP contribution < -0.4 is 5.32 Å². The van der Waals surface area contributed by atoms with Gasteiger partial charge < -0.3 is 19.7 Å². The standard InChI is InChI=1S/C13H22N2O4/c1-6-18-12(17)11-10(8(2)19-15-11)9(16)7-14-13(3,4)5/h9,14,16H,6-7H2,1-5H3. The SMILES string of the molecule is CCOC(=O)c1noc(C)c1C(O)CNC(C)(C)C. The van der Waals surface area contributed by atoms with Gasteiger partial charge in [-0.15, -0.1) is 0 Å². The van der Waals surface area contributed by atoms with Gasteiger partial charge in [-0.25, -0.2) is 4.79 Å². The number of carbonyl (C=O) groups excluding carboxylic acids is 1. The summed E-state index contributed by atoms with van der Waals surface area (Å²) in [6, 6.07) is 0. The zero-order chi connectivity index (χ0) is 14.6. The van der Waals surface area contributed by atoms with Crippen LogP contribution in [0.4, 0.5) is 0 Å². The minimum atomic E-state index is -0.870. The average molecular weight is 270 g/mol. The summed E-state index contributed by atoms with van der Waals surface area (Å²) in [6.07, 6.45) is -0.870. The van der Waals surface area contributed by atoms with Crippen LogP contribution in [0.1, 0.15) is 55.6 Å². The van der Waals surface area contributed by atoms with Crippen molar-refractivity contribution in [3.63, 3.8) is 0 Å². The van der Waals surface area contributed by atoms with Crippen LogP contribution in [0, 0.1) is 6.92 Å². The predicted molar refractivity (Wildman–Crippen MR) is 69.9 cm³/mol. The number of aliphatic hydroxyl groups is 1. The Morgan fingerprint density at radius 3 is 2.68 bits per heavy atom. The Bertz CT molecular complexity index is 434. The van der Waals surface area contributed by atoms with Crippen molar-refractivity contribution in [2.24, 2.45) is 0 Å². The third-order valence-electron chi connectivity index (χ3n) is 2.54. The summed E-state index contributed by atoms with van der Waals surface area (Å²) in [4.78, 5) is 11.7. The summed E-state index contributed by atoms with van der Waals surface area (Å²) < 4.78 is 9.86. The van der Waals surface area contributed by atoms with E-state index >= 15 is 0 Å². The number of hydrogen-bond acceptors (Lipinski definition) is 6. The topological polar surface area (TPSA) is 84.6 Å². The number of esters is 1. The van der Waals surface area contributed by atoms with E-state index in [1.54, 1.807) is 13.8 Å². The van der Waals surface area contributed by atoms with Gasteiger partial charge in [0.25, 0.3) is 0 Å². The molecule has 1 atom stereocenters. The molecule has 0 saturated heterocycles. The van der Waals surface area contributed by atoms with Gasteiger partial charge in [0, 0.05) is 12.1 Å². The molecular weight excluding hydrogens is 248 g/mol. The molecule has 108 valence electrons. The van der Waals surface area contributed by atoms with Gasteiger partial charge in [0.1, 0.15) is 5.76 Å². The number of rotatable bonds is 5. The molecule has 0 fully saturated rings. The fraction of sp³-hybridized carbons (Fsp3) is 0.692. The third kappa shape index (κ3) is 4.33. The maximum atomic E-state index is 11.7. The van der Waals surface area contributed by atoms with E-state index in [0.717, 1.165) is 0 Å². The number of ether oxygens (including phenoxy) is 1. The fourth-order valence-corrected chi connectivity index (χ4v) is 1.62. The highest BCUT2D eigenvalue weighted by Gasteiger charge is 2.27. The first-order valence-electron chi connectivity index (χ1n) is 6.32. The van der Waals surface area contributed by atoms with Crippen LogP contribution in [-0.4, -0.2) is 34.9 Å². The first-order valence-corrected chi connectivity index (χ1v) is 6.32. The van der Waals surface area contributed by atoms with E-state index in [1.165, 1.54) is 0 Å². The number of aliphatic hydroxyl groups excluding tert-OH is 1. The lowest BCUT2D eigenvalue weighted by atomic mass is 10.0. The first kappa shape index (κ1) is 15.7. The Hall–Kier alpha value is -1.40. The molecule has 6 nitrogen and oxygen atoms in total. The molecule has 19 heavy (non-hydrogen) atoms. The van der Waals surface area contributed by atoms with Gasteiger partial charge in [-0.3, -0.25) is 0 Å². The van der Waals surface area contributed by atoms with Crippen LogP contribution in [-0.2, 0) is 4.74 Å². The molecule has 0 aliphatic rings. The zero-order valence-electron chi connectivity index (χ0n) is 12.1. The number of aryl methyl sites for hydroxylation is 1. The molecule has 0 radical (unpaired) electrons. The van der Waals surface area contributed by atoms with Crippen LogP contribution in [0.25, 0.3) is 0 Å². The van der Waals surface area contributed by atoms with Gasteiger partial charge in [0.15, 0.2) is 5.69 Å². The van der Waals surface area contributed by atoms with Gasteiger partial charge in [-0.2, -0.15) is 0 Å². The number of β-amino-alcohol motifs (C(OH)–C–C–N with tert-alkyl or cyclic N) is 1. The van der Waals surface area contributed by atoms with E-state index in [0.29, 0.717) is 17.9 Å². The number of nitrogens with zero attached hydrogens (tertiary/aromatic N) is 1. The molecule has 2 N–H and O–H groups in total. The van der Waals surface area contributed by atoms with Crippen molar-refractivity contribution in [1.29, 1.82) is 0 Å². The van der Waals surface area contributed by atoms with Gasteiger partial charge >= 0.3 is 5.97 Å². The van der Waals surface area contributed by atoms with Crippen LogP contribution in [0.2, 0.25) is 0 Å². The molecule has 1 heterocycles. The number of carbonyl (C=O) groups is 1. The zero-order valence-corrected chi connectivity index (χ0v) is 12.1. The second-order valence-electron chi connectivity index (χ2n) is 5.37. The molecular formula is C13H22N2O4. The molecule has 1 aromatic heterocycles. The highest BCUT2D eigenvalue weighted by molar-refractivity contribution is 5.89. The molecule has 0 bridgehead atoms. The summed E-state index contributed by atoms with van der Waals surface area (Å²) in [5.74, 6) is -0.157.